The van der Waals surface area contributed by atoms with Gasteiger partial charge in [-0.25, -0.2) is 4.98 Å². The Labute approximate surface area is 184 Å². The Morgan fingerprint density at radius 2 is 1.84 bits per heavy atom. The van der Waals surface area contributed by atoms with E-state index in [1.165, 1.54) is 0 Å². The Morgan fingerprint density at radius 3 is 2.55 bits per heavy atom. The number of nitrogens with one attached hydrogen (secondary N) is 1. The molecule has 1 N–H and O–H groups in total. The highest BCUT2D eigenvalue weighted by Crippen LogP contribution is 2.32. The number of aryl methyl sites for hydroxylation is 1. The Bertz CT molecular complexity index is 1050. The highest BCUT2D eigenvalue weighted by atomic mass is 32.2. The predicted octanol–water partition coefficient (Wildman–Crippen LogP) is 3.27. The van der Waals surface area contributed by atoms with Crippen LogP contribution in [0.2, 0.25) is 0 Å². The van der Waals surface area contributed by atoms with Gasteiger partial charge in [0.05, 0.1) is 25.7 Å². The average Bonchev–Trinajstić information content (AvgIpc) is 3.13. The summed E-state index contributed by atoms with van der Waals surface area (Å²) < 4.78 is 28.8. The van der Waals surface area contributed by atoms with E-state index in [2.05, 4.69) is 10.3 Å². The summed E-state index contributed by atoms with van der Waals surface area (Å²) in [6, 6.07) is 15.2. The molecule has 1 atom stereocenters. The molecule has 0 spiro atoms. The van der Waals surface area contributed by atoms with E-state index in [9.17, 15) is 9.00 Å². The van der Waals surface area contributed by atoms with Crippen molar-refractivity contribution in [2.24, 2.45) is 0 Å². The number of aromatic nitrogens is 1. The molecular formula is C23H26N2O5S. The summed E-state index contributed by atoms with van der Waals surface area (Å²) in [6.45, 7) is 2.27. The Balaban J connectivity index is 1.56. The third-order valence-corrected chi connectivity index (χ3v) is 5.87. The standard InChI is InChI=1S/C23H26N2O5S/c1-16-19(25-23(30-16)18-9-10-20(28-2)21(13-18)29-3)14-31(27)15-22(26)24-12-11-17-7-5-4-6-8-17/h4-10,13H,11-12,14-15H2,1-3H3,(H,24,26). The molecule has 0 bridgehead atoms. The van der Waals surface area contributed by atoms with Gasteiger partial charge in [0.25, 0.3) is 0 Å². The molecule has 3 rings (SSSR count). The van der Waals surface area contributed by atoms with E-state index < -0.39 is 10.8 Å². The maximum atomic E-state index is 12.5. The van der Waals surface area contributed by atoms with Crippen LogP contribution in [0.25, 0.3) is 11.5 Å². The van der Waals surface area contributed by atoms with Crippen molar-refractivity contribution in [3.8, 4) is 23.0 Å². The number of hydrogen-bond acceptors (Lipinski definition) is 6. The molecule has 3 aromatic rings. The fourth-order valence-electron chi connectivity index (χ4n) is 3.05. The Morgan fingerprint density at radius 1 is 1.10 bits per heavy atom. The van der Waals surface area contributed by atoms with Gasteiger partial charge in [0.1, 0.15) is 11.5 Å². The van der Waals surface area contributed by atoms with Crippen molar-refractivity contribution >= 4 is 16.7 Å². The zero-order chi connectivity index (χ0) is 22.2. The third kappa shape index (κ3) is 6.18. The first-order chi connectivity index (χ1) is 15.0. The summed E-state index contributed by atoms with van der Waals surface area (Å²) in [4.78, 5) is 16.6. The molecule has 0 radical (unpaired) electrons. The number of methoxy groups -OCH3 is 2. The fraction of sp³-hybridized carbons (Fsp3) is 0.304. The molecule has 164 valence electrons. The summed E-state index contributed by atoms with van der Waals surface area (Å²) >= 11 is 0. The van der Waals surface area contributed by atoms with Gasteiger partial charge in [0.2, 0.25) is 11.8 Å². The SMILES string of the molecule is COc1ccc(-c2nc(CS(=O)CC(=O)NCCc3ccccc3)c(C)o2)cc1OC. The van der Waals surface area contributed by atoms with Crippen molar-refractivity contribution in [2.75, 3.05) is 26.5 Å². The fourth-order valence-corrected chi connectivity index (χ4v) is 4.12. The largest absolute Gasteiger partial charge is 0.493 e. The number of carbonyl (C=O) groups is 1. The number of benzene rings is 2. The van der Waals surface area contributed by atoms with Crippen LogP contribution < -0.4 is 14.8 Å². The maximum absolute atomic E-state index is 12.5. The minimum Gasteiger partial charge on any atom is -0.493 e. The van der Waals surface area contributed by atoms with Gasteiger partial charge >= 0.3 is 0 Å². The minimum atomic E-state index is -1.39. The van der Waals surface area contributed by atoms with Crippen LogP contribution in [-0.2, 0) is 27.8 Å². The first-order valence-corrected chi connectivity index (χ1v) is 11.3. The lowest BCUT2D eigenvalue weighted by Crippen LogP contribution is -2.30. The number of hydrogen-bond donors (Lipinski definition) is 1. The van der Waals surface area contributed by atoms with Crippen LogP contribution in [0.5, 0.6) is 11.5 Å². The second kappa shape index (κ2) is 10.8. The summed E-state index contributed by atoms with van der Waals surface area (Å²) in [5.74, 6) is 1.97. The molecule has 1 heterocycles. The van der Waals surface area contributed by atoms with E-state index in [-0.39, 0.29) is 17.4 Å². The number of ether oxygens (including phenoxy) is 2. The van der Waals surface area contributed by atoms with Crippen molar-refractivity contribution in [3.63, 3.8) is 0 Å². The Hall–Kier alpha value is -3.13. The van der Waals surface area contributed by atoms with E-state index in [1.54, 1.807) is 33.3 Å². The van der Waals surface area contributed by atoms with Crippen molar-refractivity contribution < 1.29 is 22.9 Å². The number of nitrogens with zero attached hydrogens (tertiary/aromatic N) is 1. The van der Waals surface area contributed by atoms with E-state index in [0.717, 1.165) is 17.5 Å². The normalized spacial score (nSPS) is 11.7. The zero-order valence-corrected chi connectivity index (χ0v) is 18.7. The van der Waals surface area contributed by atoms with Gasteiger partial charge in [0, 0.05) is 22.9 Å². The number of oxazole rings is 1. The lowest BCUT2D eigenvalue weighted by molar-refractivity contribution is -0.118. The van der Waals surface area contributed by atoms with E-state index in [4.69, 9.17) is 13.9 Å². The number of carbonyl (C=O) groups excluding carboxylic acids is 1. The first kappa shape index (κ1) is 22.6. The number of amides is 1. The molecule has 0 saturated heterocycles. The summed E-state index contributed by atoms with van der Waals surface area (Å²) in [5.41, 5.74) is 2.43. The molecule has 0 fully saturated rings. The molecule has 8 heteroatoms. The van der Waals surface area contributed by atoms with Gasteiger partial charge in [-0.3, -0.25) is 9.00 Å². The van der Waals surface area contributed by atoms with Crippen LogP contribution in [0.1, 0.15) is 17.0 Å². The molecule has 1 aromatic heterocycles. The number of rotatable bonds is 10. The quantitative estimate of drug-likeness (QED) is 0.518. The highest BCUT2D eigenvalue weighted by molar-refractivity contribution is 7.84. The summed E-state index contributed by atoms with van der Waals surface area (Å²) in [5, 5.41) is 2.82. The summed E-state index contributed by atoms with van der Waals surface area (Å²) in [7, 11) is 1.73. The van der Waals surface area contributed by atoms with Gasteiger partial charge in [-0.15, -0.1) is 0 Å². The molecule has 0 saturated carbocycles. The molecule has 0 aliphatic carbocycles. The van der Waals surface area contributed by atoms with Gasteiger partial charge in [-0.1, -0.05) is 30.3 Å². The highest BCUT2D eigenvalue weighted by Gasteiger charge is 2.17. The van der Waals surface area contributed by atoms with Crippen LogP contribution in [-0.4, -0.2) is 41.6 Å². The maximum Gasteiger partial charge on any atom is 0.232 e. The zero-order valence-electron chi connectivity index (χ0n) is 17.8. The van der Waals surface area contributed by atoms with Crippen molar-refractivity contribution in [1.82, 2.24) is 10.3 Å². The topological polar surface area (TPSA) is 90.7 Å². The second-order valence-corrected chi connectivity index (χ2v) is 8.36. The van der Waals surface area contributed by atoms with Gasteiger partial charge in [0.15, 0.2) is 11.5 Å². The molecule has 1 unspecified atom stereocenters. The lowest BCUT2D eigenvalue weighted by Gasteiger charge is -2.07. The van der Waals surface area contributed by atoms with Crippen LogP contribution in [0, 0.1) is 6.92 Å². The van der Waals surface area contributed by atoms with Gasteiger partial charge in [-0.05, 0) is 37.1 Å². The monoisotopic (exact) mass is 442 g/mol. The second-order valence-electron chi connectivity index (χ2n) is 6.91. The van der Waals surface area contributed by atoms with Crippen LogP contribution in [0.3, 0.4) is 0 Å². The molecular weight excluding hydrogens is 416 g/mol. The molecule has 1 amide bonds. The van der Waals surface area contributed by atoms with Crippen LogP contribution >= 0.6 is 0 Å². The van der Waals surface area contributed by atoms with Gasteiger partial charge in [-0.2, -0.15) is 0 Å². The lowest BCUT2D eigenvalue weighted by atomic mass is 10.1. The van der Waals surface area contributed by atoms with E-state index in [0.29, 0.717) is 35.4 Å². The van der Waals surface area contributed by atoms with Gasteiger partial charge < -0.3 is 19.2 Å². The van der Waals surface area contributed by atoms with Crippen LogP contribution in [0.4, 0.5) is 0 Å². The molecule has 0 aliphatic rings. The molecule has 2 aromatic carbocycles. The van der Waals surface area contributed by atoms with Crippen molar-refractivity contribution in [3.05, 3.63) is 65.5 Å². The average molecular weight is 443 g/mol. The predicted molar refractivity (Wildman–Crippen MR) is 120 cm³/mol. The summed E-state index contributed by atoms with van der Waals surface area (Å²) in [6.07, 6.45) is 0.732. The molecule has 0 aliphatic heterocycles. The van der Waals surface area contributed by atoms with E-state index >= 15 is 0 Å². The smallest absolute Gasteiger partial charge is 0.232 e. The van der Waals surface area contributed by atoms with Crippen molar-refractivity contribution in [2.45, 2.75) is 19.1 Å². The van der Waals surface area contributed by atoms with Crippen LogP contribution in [0.15, 0.2) is 52.9 Å². The Kier molecular flexibility index (Phi) is 7.83. The van der Waals surface area contributed by atoms with E-state index in [1.807, 2.05) is 36.4 Å². The third-order valence-electron chi connectivity index (χ3n) is 4.69. The molecule has 7 nitrogen and oxygen atoms in total. The molecule has 31 heavy (non-hydrogen) atoms. The minimum absolute atomic E-state index is 0.0766. The first-order valence-electron chi connectivity index (χ1n) is 9.84. The van der Waals surface area contributed by atoms with Crippen molar-refractivity contribution in [1.29, 1.82) is 0 Å².